The van der Waals surface area contributed by atoms with E-state index in [1.54, 1.807) is 17.3 Å². The largest absolute Gasteiger partial charge is 0.466 e. The van der Waals surface area contributed by atoms with Gasteiger partial charge in [0, 0.05) is 30.9 Å². The number of aromatic nitrogens is 2. The van der Waals surface area contributed by atoms with Gasteiger partial charge in [0.1, 0.15) is 5.69 Å². The Morgan fingerprint density at radius 1 is 1.03 bits per heavy atom. The van der Waals surface area contributed by atoms with Crippen molar-refractivity contribution in [3.05, 3.63) is 18.1 Å². The molecule has 2 aliphatic carbocycles. The normalized spacial score (nSPS) is 32.1. The zero-order valence-corrected chi connectivity index (χ0v) is 18.4. The number of ether oxygens (including phenoxy) is 2. The lowest BCUT2D eigenvalue weighted by Gasteiger charge is -2.42. The van der Waals surface area contributed by atoms with E-state index < -0.39 is 10.0 Å². The third-order valence-corrected chi connectivity index (χ3v) is 8.95. The highest BCUT2D eigenvalue weighted by molar-refractivity contribution is 7.90. The first-order valence-corrected chi connectivity index (χ1v) is 12.9. The zero-order chi connectivity index (χ0) is 21.4. The van der Waals surface area contributed by atoms with E-state index in [1.807, 2.05) is 0 Å². The molecule has 2 atom stereocenters. The standard InChI is InChI=1S/C21H30N4O5S/c26-19-13-30-21-20(22-9-10-23-21)14-3-5-15(6-4-14)29-12-18-17(2-1-11-25(18)19)24-31(27,28)16-7-8-16/h9-10,14-18,24H,1-8,11-13H2/t14-,15+,17-,18?/m0/s1. The van der Waals surface area contributed by atoms with Crippen molar-refractivity contribution in [1.29, 1.82) is 0 Å². The van der Waals surface area contributed by atoms with Crippen LogP contribution in [0.2, 0.25) is 0 Å². The maximum Gasteiger partial charge on any atom is 0.260 e. The fourth-order valence-corrected chi connectivity index (χ4v) is 6.72. The molecule has 2 bridgehead atoms. The predicted molar refractivity (Wildman–Crippen MR) is 112 cm³/mol. The molecule has 5 aliphatic rings. The average Bonchev–Trinajstić information content (AvgIpc) is 3.63. The van der Waals surface area contributed by atoms with Gasteiger partial charge in [0.05, 0.1) is 24.0 Å². The fraction of sp³-hybridized carbons (Fsp3) is 0.762. The molecular weight excluding hydrogens is 420 g/mol. The van der Waals surface area contributed by atoms with Crippen LogP contribution in [0.1, 0.15) is 63.0 Å². The molecule has 3 aliphatic heterocycles. The molecule has 6 rings (SSSR count). The molecular formula is C21H30N4O5S. The van der Waals surface area contributed by atoms with Crippen LogP contribution in [0.25, 0.3) is 0 Å². The van der Waals surface area contributed by atoms with E-state index in [0.717, 1.165) is 37.8 Å². The summed E-state index contributed by atoms with van der Waals surface area (Å²) in [7, 11) is -3.36. The Hall–Kier alpha value is -1.78. The number of piperidine rings is 1. The average molecular weight is 451 g/mol. The van der Waals surface area contributed by atoms with Gasteiger partial charge in [0.2, 0.25) is 15.9 Å². The quantitative estimate of drug-likeness (QED) is 0.740. The van der Waals surface area contributed by atoms with E-state index in [4.69, 9.17) is 9.47 Å². The summed E-state index contributed by atoms with van der Waals surface area (Å²) in [5, 5.41) is -0.289. The number of nitrogens with one attached hydrogen (secondary N) is 1. The van der Waals surface area contributed by atoms with Gasteiger partial charge in [-0.3, -0.25) is 9.78 Å². The fourth-order valence-electron chi connectivity index (χ4n) is 5.07. The minimum Gasteiger partial charge on any atom is -0.466 e. The van der Waals surface area contributed by atoms with E-state index in [2.05, 4.69) is 14.7 Å². The Morgan fingerprint density at radius 3 is 2.58 bits per heavy atom. The number of hydrogen-bond donors (Lipinski definition) is 1. The van der Waals surface area contributed by atoms with Gasteiger partial charge in [0.25, 0.3) is 5.91 Å². The Morgan fingerprint density at radius 2 is 1.81 bits per heavy atom. The second-order valence-corrected chi connectivity index (χ2v) is 11.1. The SMILES string of the molecule is O=C1COc2nccnc2[C@H]2CC[C@H](CC2)OCC2[C@@H](NS(=O)(=O)C3CC3)CCCN12. The van der Waals surface area contributed by atoms with Crippen molar-refractivity contribution >= 4 is 15.9 Å². The van der Waals surface area contributed by atoms with Crippen LogP contribution in [0.15, 0.2) is 12.4 Å². The molecule has 0 spiro atoms. The number of carbonyl (C=O) groups excluding carboxylic acids is 1. The van der Waals surface area contributed by atoms with Gasteiger partial charge in [0.15, 0.2) is 6.61 Å². The van der Waals surface area contributed by atoms with Crippen LogP contribution in [-0.2, 0) is 19.6 Å². The molecule has 1 unspecified atom stereocenters. The molecule has 9 nitrogen and oxygen atoms in total. The van der Waals surface area contributed by atoms with Crippen molar-refractivity contribution in [2.45, 2.75) is 80.7 Å². The highest BCUT2D eigenvalue weighted by Gasteiger charge is 2.42. The third-order valence-electron chi connectivity index (χ3n) is 6.97. The van der Waals surface area contributed by atoms with Crippen LogP contribution in [0.5, 0.6) is 5.88 Å². The molecule has 1 aromatic rings. The monoisotopic (exact) mass is 450 g/mol. The van der Waals surface area contributed by atoms with Crippen molar-refractivity contribution in [3.8, 4) is 5.88 Å². The summed E-state index contributed by atoms with van der Waals surface area (Å²) in [6.07, 6.45) is 9.89. The molecule has 0 aromatic carbocycles. The smallest absolute Gasteiger partial charge is 0.260 e. The summed E-state index contributed by atoms with van der Waals surface area (Å²) in [6, 6.07) is -0.671. The van der Waals surface area contributed by atoms with Crippen molar-refractivity contribution in [2.75, 3.05) is 19.8 Å². The van der Waals surface area contributed by atoms with Crippen molar-refractivity contribution in [2.24, 2.45) is 0 Å². The molecule has 10 heteroatoms. The summed E-state index contributed by atoms with van der Waals surface area (Å²) in [5.41, 5.74) is 0.818. The number of rotatable bonds is 3. The van der Waals surface area contributed by atoms with E-state index in [-0.39, 0.29) is 41.9 Å². The Kier molecular flexibility index (Phi) is 5.87. The maximum atomic E-state index is 13.1. The predicted octanol–water partition coefficient (Wildman–Crippen LogP) is 1.35. The second-order valence-electron chi connectivity index (χ2n) is 9.11. The number of carbonyl (C=O) groups is 1. The van der Waals surface area contributed by atoms with Crippen LogP contribution in [0.3, 0.4) is 0 Å². The van der Waals surface area contributed by atoms with Gasteiger partial charge in [-0.1, -0.05) is 0 Å². The minimum absolute atomic E-state index is 0.109. The van der Waals surface area contributed by atoms with E-state index in [0.29, 0.717) is 38.3 Å². The highest BCUT2D eigenvalue weighted by Crippen LogP contribution is 2.37. The van der Waals surface area contributed by atoms with Gasteiger partial charge < -0.3 is 14.4 Å². The maximum absolute atomic E-state index is 13.1. The zero-order valence-electron chi connectivity index (χ0n) is 17.6. The summed E-state index contributed by atoms with van der Waals surface area (Å²) < 4.78 is 40.2. The summed E-state index contributed by atoms with van der Waals surface area (Å²) in [6.45, 7) is 0.765. The van der Waals surface area contributed by atoms with Crippen LogP contribution < -0.4 is 9.46 Å². The minimum atomic E-state index is -3.36. The first-order chi connectivity index (χ1) is 15.0. The van der Waals surface area contributed by atoms with Crippen molar-refractivity contribution < 1.29 is 22.7 Å². The number of amides is 1. The molecule has 170 valence electrons. The van der Waals surface area contributed by atoms with Gasteiger partial charge in [-0.05, 0) is 51.4 Å². The first kappa shape index (κ1) is 21.1. The Bertz CT molecular complexity index is 914. The van der Waals surface area contributed by atoms with Gasteiger partial charge in [-0.15, -0.1) is 0 Å². The number of nitrogens with zero attached hydrogens (tertiary/aromatic N) is 3. The molecule has 4 heterocycles. The number of fused-ring (bicyclic) bond motifs is 5. The van der Waals surface area contributed by atoms with E-state index in [9.17, 15) is 13.2 Å². The molecule has 31 heavy (non-hydrogen) atoms. The van der Waals surface area contributed by atoms with Gasteiger partial charge in [-0.25, -0.2) is 18.1 Å². The van der Waals surface area contributed by atoms with Crippen LogP contribution in [0, 0.1) is 0 Å². The Labute approximate surface area is 183 Å². The first-order valence-electron chi connectivity index (χ1n) is 11.4. The lowest BCUT2D eigenvalue weighted by molar-refractivity contribution is -0.140. The van der Waals surface area contributed by atoms with Gasteiger partial charge >= 0.3 is 0 Å². The lowest BCUT2D eigenvalue weighted by atomic mass is 9.85. The highest BCUT2D eigenvalue weighted by atomic mass is 32.2. The summed E-state index contributed by atoms with van der Waals surface area (Å²) in [4.78, 5) is 23.7. The topological polar surface area (TPSA) is 111 Å². The van der Waals surface area contributed by atoms with Crippen LogP contribution in [-0.4, -0.2) is 72.4 Å². The van der Waals surface area contributed by atoms with E-state index >= 15 is 0 Å². The summed E-state index contributed by atoms with van der Waals surface area (Å²) in [5.74, 6) is 0.506. The molecule has 1 aromatic heterocycles. The van der Waals surface area contributed by atoms with Crippen LogP contribution >= 0.6 is 0 Å². The molecule has 1 amide bonds. The molecule has 1 N–H and O–H groups in total. The molecule has 2 saturated carbocycles. The van der Waals surface area contributed by atoms with E-state index in [1.165, 1.54) is 0 Å². The molecule has 3 fully saturated rings. The van der Waals surface area contributed by atoms with Crippen molar-refractivity contribution in [1.82, 2.24) is 19.6 Å². The third kappa shape index (κ3) is 4.56. The Balaban J connectivity index is 1.40. The second kappa shape index (κ2) is 8.63. The number of hydrogen-bond acceptors (Lipinski definition) is 7. The lowest BCUT2D eigenvalue weighted by Crippen LogP contribution is -2.60. The molecule has 0 radical (unpaired) electrons. The number of sulfonamides is 1. The van der Waals surface area contributed by atoms with Crippen LogP contribution in [0.4, 0.5) is 0 Å². The van der Waals surface area contributed by atoms with Crippen molar-refractivity contribution in [3.63, 3.8) is 0 Å². The summed E-state index contributed by atoms with van der Waals surface area (Å²) >= 11 is 0. The molecule has 1 saturated heterocycles. The van der Waals surface area contributed by atoms with Gasteiger partial charge in [-0.2, -0.15) is 0 Å².